The molecule has 0 aliphatic heterocycles. The van der Waals surface area contributed by atoms with Crippen LogP contribution in [0, 0.1) is 0 Å². The van der Waals surface area contributed by atoms with Gasteiger partial charge in [-0.15, -0.1) is 0 Å². The van der Waals surface area contributed by atoms with E-state index in [1.807, 2.05) is 21.7 Å². The van der Waals surface area contributed by atoms with E-state index < -0.39 is 12.0 Å². The summed E-state index contributed by atoms with van der Waals surface area (Å²) in [5.41, 5.74) is 6.57. The van der Waals surface area contributed by atoms with Crippen LogP contribution in [0.25, 0.3) is 0 Å². The van der Waals surface area contributed by atoms with Crippen LogP contribution in [0.3, 0.4) is 0 Å². The molecule has 2 N–H and O–H groups in total. The van der Waals surface area contributed by atoms with Gasteiger partial charge < -0.3 is 10.6 Å². The van der Waals surface area contributed by atoms with E-state index in [-0.39, 0.29) is 17.7 Å². The molecule has 2 aromatic rings. The van der Waals surface area contributed by atoms with E-state index in [0.29, 0.717) is 6.54 Å². The minimum Gasteiger partial charge on any atom is -0.384 e. The molecule has 3 rings (SSSR count). The molecule has 2 aromatic heterocycles. The van der Waals surface area contributed by atoms with Gasteiger partial charge in [0, 0.05) is 18.7 Å². The Kier molecular flexibility index (Phi) is 3.48. The fourth-order valence-electron chi connectivity index (χ4n) is 2.09. The van der Waals surface area contributed by atoms with Gasteiger partial charge in [0.05, 0.1) is 0 Å². The summed E-state index contributed by atoms with van der Waals surface area (Å²) in [4.78, 5) is 8.81. The fourth-order valence-corrected chi connectivity index (χ4v) is 2.75. The van der Waals surface area contributed by atoms with Crippen molar-refractivity contribution in [3.05, 3.63) is 34.3 Å². The van der Waals surface area contributed by atoms with Gasteiger partial charge in [0.1, 0.15) is 11.6 Å². The lowest BCUT2D eigenvalue weighted by Gasteiger charge is -2.24. The monoisotopic (exact) mass is 314 g/mol. The average Bonchev–Trinajstić information content (AvgIpc) is 3.11. The molecule has 0 unspecified atom stereocenters. The Hall–Kier alpha value is -1.83. The van der Waals surface area contributed by atoms with Crippen molar-refractivity contribution in [2.75, 3.05) is 10.6 Å². The lowest BCUT2D eigenvalue weighted by Crippen LogP contribution is -2.27. The summed E-state index contributed by atoms with van der Waals surface area (Å²) in [6.45, 7) is 0.530. The molecule has 0 spiro atoms. The van der Waals surface area contributed by atoms with Gasteiger partial charge >= 0.3 is 6.18 Å². The van der Waals surface area contributed by atoms with Crippen LogP contribution in [0.4, 0.5) is 24.8 Å². The summed E-state index contributed by atoms with van der Waals surface area (Å²) < 4.78 is 38.4. The second-order valence-electron chi connectivity index (χ2n) is 4.96. The van der Waals surface area contributed by atoms with Crippen LogP contribution in [-0.4, -0.2) is 16.0 Å². The maximum absolute atomic E-state index is 12.8. The van der Waals surface area contributed by atoms with E-state index in [9.17, 15) is 13.2 Å². The number of aromatic nitrogens is 2. The zero-order chi connectivity index (χ0) is 15.0. The normalized spacial score (nSPS) is 15.2. The number of nitrogen functional groups attached to an aromatic ring is 1. The number of rotatable bonds is 4. The fraction of sp³-hybridized carbons (Fsp3) is 0.385. The van der Waals surface area contributed by atoms with Crippen LogP contribution in [0.1, 0.15) is 24.2 Å². The number of nitrogens with two attached hydrogens (primary N) is 1. The smallest absolute Gasteiger partial charge is 0.384 e. The summed E-state index contributed by atoms with van der Waals surface area (Å²) in [7, 11) is 0. The molecule has 21 heavy (non-hydrogen) atoms. The summed E-state index contributed by atoms with van der Waals surface area (Å²) in [6.07, 6.45) is -2.69. The predicted molar refractivity (Wildman–Crippen MR) is 75.0 cm³/mol. The van der Waals surface area contributed by atoms with Crippen LogP contribution < -0.4 is 10.6 Å². The van der Waals surface area contributed by atoms with Crippen LogP contribution in [0.5, 0.6) is 0 Å². The van der Waals surface area contributed by atoms with Crippen LogP contribution >= 0.6 is 11.3 Å². The Balaban J connectivity index is 1.94. The van der Waals surface area contributed by atoms with E-state index in [2.05, 4.69) is 9.97 Å². The van der Waals surface area contributed by atoms with Gasteiger partial charge in [0.15, 0.2) is 0 Å². The number of alkyl halides is 3. The van der Waals surface area contributed by atoms with E-state index in [0.717, 1.165) is 18.4 Å². The Labute approximate surface area is 123 Å². The first-order chi connectivity index (χ1) is 9.93. The summed E-state index contributed by atoms with van der Waals surface area (Å²) in [6, 6.07) is 3.58. The Morgan fingerprint density at radius 2 is 2.10 bits per heavy atom. The van der Waals surface area contributed by atoms with Gasteiger partial charge in [-0.25, -0.2) is 9.97 Å². The van der Waals surface area contributed by atoms with Gasteiger partial charge in [0.2, 0.25) is 5.82 Å². The number of anilines is 2. The molecule has 0 bridgehead atoms. The molecule has 0 amide bonds. The molecule has 112 valence electrons. The van der Waals surface area contributed by atoms with Crippen LogP contribution in [-0.2, 0) is 12.7 Å². The molecule has 0 aromatic carbocycles. The Morgan fingerprint density at radius 3 is 2.67 bits per heavy atom. The molecule has 1 aliphatic carbocycles. The maximum Gasteiger partial charge on any atom is 0.451 e. The second kappa shape index (κ2) is 5.18. The number of hydrogen-bond acceptors (Lipinski definition) is 5. The van der Waals surface area contributed by atoms with Gasteiger partial charge in [-0.3, -0.25) is 0 Å². The van der Waals surface area contributed by atoms with Gasteiger partial charge in [-0.1, -0.05) is 0 Å². The summed E-state index contributed by atoms with van der Waals surface area (Å²) in [5, 5.41) is 3.92. The van der Waals surface area contributed by atoms with Crippen molar-refractivity contribution in [1.82, 2.24) is 9.97 Å². The number of nitrogens with zero attached hydrogens (tertiary/aromatic N) is 3. The zero-order valence-electron chi connectivity index (χ0n) is 11.0. The third kappa shape index (κ3) is 3.26. The number of hydrogen-bond donors (Lipinski definition) is 1. The summed E-state index contributed by atoms with van der Waals surface area (Å²) in [5.74, 6) is -1.11. The Morgan fingerprint density at radius 1 is 1.33 bits per heavy atom. The molecule has 1 aliphatic rings. The van der Waals surface area contributed by atoms with Gasteiger partial charge in [-0.05, 0) is 35.2 Å². The quantitative estimate of drug-likeness (QED) is 0.940. The molecule has 0 saturated heterocycles. The van der Waals surface area contributed by atoms with Crippen molar-refractivity contribution >= 4 is 23.0 Å². The number of thiophene rings is 1. The van der Waals surface area contributed by atoms with Gasteiger partial charge in [-0.2, -0.15) is 24.5 Å². The highest BCUT2D eigenvalue weighted by molar-refractivity contribution is 7.07. The first kappa shape index (κ1) is 14.1. The molecule has 2 heterocycles. The third-order valence-electron chi connectivity index (χ3n) is 3.20. The highest BCUT2D eigenvalue weighted by Crippen LogP contribution is 2.35. The van der Waals surface area contributed by atoms with Crippen LogP contribution in [0.15, 0.2) is 22.9 Å². The van der Waals surface area contributed by atoms with E-state index >= 15 is 0 Å². The minimum atomic E-state index is -4.60. The standard InChI is InChI=1S/C13H13F3N4S/c14-13(15,16)12-18-10(17)5-11(19-12)20(9-1-2-9)6-8-3-4-21-7-8/h3-5,7,9H,1-2,6H2,(H2,17,18,19). The molecule has 4 nitrogen and oxygen atoms in total. The lowest BCUT2D eigenvalue weighted by molar-refractivity contribution is -0.144. The highest BCUT2D eigenvalue weighted by atomic mass is 32.1. The van der Waals surface area contributed by atoms with Crippen LogP contribution in [0.2, 0.25) is 0 Å². The maximum atomic E-state index is 12.8. The lowest BCUT2D eigenvalue weighted by atomic mass is 10.3. The molecule has 8 heteroatoms. The van der Waals surface area contributed by atoms with E-state index in [4.69, 9.17) is 5.73 Å². The zero-order valence-corrected chi connectivity index (χ0v) is 11.8. The first-order valence-corrected chi connectivity index (χ1v) is 7.37. The molecular formula is C13H13F3N4S. The van der Waals surface area contributed by atoms with Crippen molar-refractivity contribution < 1.29 is 13.2 Å². The summed E-state index contributed by atoms with van der Waals surface area (Å²) >= 11 is 1.56. The molecule has 0 radical (unpaired) electrons. The van der Waals surface area contributed by atoms with E-state index in [1.54, 1.807) is 11.3 Å². The Bertz CT molecular complexity index is 623. The first-order valence-electron chi connectivity index (χ1n) is 6.43. The highest BCUT2D eigenvalue weighted by Gasteiger charge is 2.37. The topological polar surface area (TPSA) is 55.0 Å². The largest absolute Gasteiger partial charge is 0.451 e. The molecule has 1 saturated carbocycles. The van der Waals surface area contributed by atoms with Crippen molar-refractivity contribution in [3.8, 4) is 0 Å². The van der Waals surface area contributed by atoms with Crippen molar-refractivity contribution in [3.63, 3.8) is 0 Å². The SMILES string of the molecule is Nc1cc(N(Cc2ccsc2)C2CC2)nc(C(F)(F)F)n1. The minimum absolute atomic E-state index is 0.164. The second-order valence-corrected chi connectivity index (χ2v) is 5.74. The predicted octanol–water partition coefficient (Wildman–Crippen LogP) is 3.31. The van der Waals surface area contributed by atoms with Crippen molar-refractivity contribution in [2.24, 2.45) is 0 Å². The van der Waals surface area contributed by atoms with Gasteiger partial charge in [0.25, 0.3) is 0 Å². The molecular weight excluding hydrogens is 301 g/mol. The van der Waals surface area contributed by atoms with E-state index in [1.165, 1.54) is 6.07 Å². The average molecular weight is 314 g/mol. The molecule has 1 fully saturated rings. The molecule has 0 atom stereocenters. The number of halogens is 3. The third-order valence-corrected chi connectivity index (χ3v) is 3.93. The van der Waals surface area contributed by atoms with Crippen molar-refractivity contribution in [1.29, 1.82) is 0 Å². The van der Waals surface area contributed by atoms with Crippen molar-refractivity contribution in [2.45, 2.75) is 31.6 Å².